The smallest absolute Gasteiger partial charge is 0.301 e. The molecule has 124 valence electrons. The van der Waals surface area contributed by atoms with E-state index in [9.17, 15) is 25.3 Å². The average Bonchev–Trinajstić information content (AvgIpc) is 2.51. The second-order valence-electron chi connectivity index (χ2n) is 4.41. The molecule has 11 heteroatoms. The summed E-state index contributed by atoms with van der Waals surface area (Å²) >= 11 is 9.02. The minimum Gasteiger partial charge on any atom is -0.506 e. The van der Waals surface area contributed by atoms with E-state index in [1.54, 1.807) is 0 Å². The zero-order valence-corrected chi connectivity index (χ0v) is 14.0. The Labute approximate surface area is 148 Å². The first-order valence-corrected chi connectivity index (χ1v) is 7.36. The van der Waals surface area contributed by atoms with Gasteiger partial charge in [-0.1, -0.05) is 27.5 Å². The number of nitro groups is 2. The lowest BCUT2D eigenvalue weighted by Gasteiger charge is -2.04. The Kier molecular flexibility index (Phi) is 5.31. The first-order valence-electron chi connectivity index (χ1n) is 6.19. The maximum absolute atomic E-state index is 11.0. The van der Waals surface area contributed by atoms with Gasteiger partial charge >= 0.3 is 5.69 Å². The topological polar surface area (TPSA) is 131 Å². The number of rotatable bonds is 5. The van der Waals surface area contributed by atoms with E-state index in [1.165, 1.54) is 24.4 Å². The second kappa shape index (κ2) is 7.23. The molecule has 0 fully saturated rings. The van der Waals surface area contributed by atoms with Gasteiger partial charge in [0.15, 0.2) is 0 Å². The second-order valence-corrected chi connectivity index (χ2v) is 5.73. The van der Waals surface area contributed by atoms with Crippen LogP contribution in [-0.2, 0) is 0 Å². The van der Waals surface area contributed by atoms with Gasteiger partial charge in [0.2, 0.25) is 0 Å². The number of nitrogens with zero attached hydrogens (tertiary/aromatic N) is 3. The predicted octanol–water partition coefficient (Wildman–Crippen LogP) is 4.07. The van der Waals surface area contributed by atoms with Crippen LogP contribution in [-0.4, -0.2) is 21.2 Å². The Bertz CT molecular complexity index is 858. The summed E-state index contributed by atoms with van der Waals surface area (Å²) < 4.78 is 0.605. The molecule has 0 bridgehead atoms. The van der Waals surface area contributed by atoms with Gasteiger partial charge in [-0.2, -0.15) is 5.10 Å². The monoisotopic (exact) mass is 414 g/mol. The first-order chi connectivity index (χ1) is 11.3. The number of benzene rings is 2. The van der Waals surface area contributed by atoms with Gasteiger partial charge in [0.1, 0.15) is 11.4 Å². The number of halogens is 2. The van der Waals surface area contributed by atoms with E-state index in [0.29, 0.717) is 4.47 Å². The zero-order chi connectivity index (χ0) is 17.9. The number of hydrazone groups is 1. The lowest BCUT2D eigenvalue weighted by molar-refractivity contribution is -0.393. The maximum Gasteiger partial charge on any atom is 0.301 e. The molecule has 2 aromatic carbocycles. The highest BCUT2D eigenvalue weighted by Crippen LogP contribution is 2.31. The fourth-order valence-corrected chi connectivity index (χ4v) is 2.57. The van der Waals surface area contributed by atoms with Crippen molar-refractivity contribution in [2.45, 2.75) is 0 Å². The highest BCUT2D eigenvalue weighted by Gasteiger charge is 2.19. The number of hydrogen-bond donors (Lipinski definition) is 2. The number of non-ortho nitro benzene ring substituents is 1. The van der Waals surface area contributed by atoms with Gasteiger partial charge in [0, 0.05) is 16.1 Å². The molecule has 9 nitrogen and oxygen atoms in total. The molecular formula is C13H8BrClN4O5. The maximum atomic E-state index is 11.0. The highest BCUT2D eigenvalue weighted by atomic mass is 79.9. The van der Waals surface area contributed by atoms with Gasteiger partial charge in [0.05, 0.1) is 27.2 Å². The molecule has 0 heterocycles. The molecule has 0 amide bonds. The standard InChI is InChI=1S/C13H8BrClN4O5/c14-8-3-7(13(20)10(15)4-8)6-16-17-11-2-1-9(18(21)22)5-12(11)19(23)24/h1-6,17,20H/b16-6-. The van der Waals surface area contributed by atoms with Gasteiger partial charge < -0.3 is 5.11 Å². The Morgan fingerprint density at radius 3 is 2.54 bits per heavy atom. The van der Waals surface area contributed by atoms with Crippen molar-refractivity contribution < 1.29 is 15.0 Å². The van der Waals surface area contributed by atoms with Crippen LogP contribution in [0.1, 0.15) is 5.56 Å². The fraction of sp³-hybridized carbons (Fsp3) is 0. The van der Waals surface area contributed by atoms with E-state index in [4.69, 9.17) is 11.6 Å². The molecule has 0 unspecified atom stereocenters. The zero-order valence-electron chi connectivity index (χ0n) is 11.6. The van der Waals surface area contributed by atoms with E-state index < -0.39 is 21.2 Å². The molecule has 0 aliphatic rings. The molecule has 0 aliphatic carbocycles. The van der Waals surface area contributed by atoms with Crippen LogP contribution < -0.4 is 5.43 Å². The van der Waals surface area contributed by atoms with Crippen LogP contribution in [0, 0.1) is 20.2 Å². The van der Waals surface area contributed by atoms with Gasteiger partial charge in [0.25, 0.3) is 5.69 Å². The van der Waals surface area contributed by atoms with Crippen LogP contribution in [0.15, 0.2) is 39.9 Å². The van der Waals surface area contributed by atoms with Crippen molar-refractivity contribution in [3.63, 3.8) is 0 Å². The quantitative estimate of drug-likeness (QED) is 0.430. The van der Waals surface area contributed by atoms with E-state index in [1.807, 2.05) is 0 Å². The number of nitro benzene ring substituents is 2. The third kappa shape index (κ3) is 3.97. The summed E-state index contributed by atoms with van der Waals surface area (Å²) in [5, 5.41) is 35.4. The Morgan fingerprint density at radius 2 is 1.92 bits per heavy atom. The highest BCUT2D eigenvalue weighted by molar-refractivity contribution is 9.10. The third-order valence-corrected chi connectivity index (χ3v) is 3.58. The SMILES string of the molecule is O=[N+]([O-])c1ccc(N/N=C\c2cc(Br)cc(Cl)c2O)c([N+](=O)[O-])c1. The van der Waals surface area contributed by atoms with Crippen LogP contribution in [0.25, 0.3) is 0 Å². The molecule has 0 spiro atoms. The van der Waals surface area contributed by atoms with Crippen molar-refractivity contribution in [2.75, 3.05) is 5.43 Å². The summed E-state index contributed by atoms with van der Waals surface area (Å²) in [4.78, 5) is 20.2. The fourth-order valence-electron chi connectivity index (χ4n) is 1.73. The Balaban J connectivity index is 2.29. The third-order valence-electron chi connectivity index (χ3n) is 2.84. The number of nitrogens with one attached hydrogen (secondary N) is 1. The molecular weight excluding hydrogens is 408 g/mol. The molecule has 0 atom stereocenters. The van der Waals surface area contributed by atoms with E-state index in [0.717, 1.165) is 12.1 Å². The van der Waals surface area contributed by atoms with Gasteiger partial charge in [-0.05, 0) is 18.2 Å². The predicted molar refractivity (Wildman–Crippen MR) is 91.8 cm³/mol. The Morgan fingerprint density at radius 1 is 1.21 bits per heavy atom. The lowest BCUT2D eigenvalue weighted by Crippen LogP contribution is -1.99. The first kappa shape index (κ1) is 17.6. The molecule has 24 heavy (non-hydrogen) atoms. The van der Waals surface area contributed by atoms with Gasteiger partial charge in [-0.25, -0.2) is 0 Å². The van der Waals surface area contributed by atoms with Crippen molar-refractivity contribution in [3.05, 3.63) is 65.6 Å². The van der Waals surface area contributed by atoms with E-state index >= 15 is 0 Å². The largest absolute Gasteiger partial charge is 0.506 e. The minimum absolute atomic E-state index is 0.0394. The van der Waals surface area contributed by atoms with Crippen molar-refractivity contribution in [1.82, 2.24) is 0 Å². The number of aromatic hydroxyl groups is 1. The molecule has 2 N–H and O–H groups in total. The van der Waals surface area contributed by atoms with Crippen LogP contribution in [0.4, 0.5) is 17.1 Å². The lowest BCUT2D eigenvalue weighted by atomic mass is 10.2. The summed E-state index contributed by atoms with van der Waals surface area (Å²) in [5.41, 5.74) is 1.73. The summed E-state index contributed by atoms with van der Waals surface area (Å²) in [5.74, 6) is -0.205. The summed E-state index contributed by atoms with van der Waals surface area (Å²) in [6.07, 6.45) is 1.21. The Hall–Kier alpha value is -2.72. The summed E-state index contributed by atoms with van der Waals surface area (Å²) in [6.45, 7) is 0. The van der Waals surface area contributed by atoms with Crippen LogP contribution in [0.3, 0.4) is 0 Å². The van der Waals surface area contributed by atoms with Crippen molar-refractivity contribution in [1.29, 1.82) is 0 Å². The molecule has 2 rings (SSSR count). The molecule has 0 radical (unpaired) electrons. The van der Waals surface area contributed by atoms with Crippen LogP contribution >= 0.6 is 27.5 Å². The molecule has 0 aliphatic heterocycles. The van der Waals surface area contributed by atoms with Gasteiger partial charge in [-0.15, -0.1) is 0 Å². The van der Waals surface area contributed by atoms with Gasteiger partial charge in [-0.3, -0.25) is 25.7 Å². The van der Waals surface area contributed by atoms with E-state index in [-0.39, 0.29) is 22.0 Å². The molecule has 0 saturated carbocycles. The summed E-state index contributed by atoms with van der Waals surface area (Å²) in [6, 6.07) is 6.13. The normalized spacial score (nSPS) is 10.8. The minimum atomic E-state index is -0.766. The summed E-state index contributed by atoms with van der Waals surface area (Å²) in [7, 11) is 0. The average molecular weight is 416 g/mol. The molecule has 2 aromatic rings. The van der Waals surface area contributed by atoms with Crippen molar-refractivity contribution >= 4 is 50.8 Å². The molecule has 0 aromatic heterocycles. The van der Waals surface area contributed by atoms with Crippen LogP contribution in [0.5, 0.6) is 5.75 Å². The number of phenols is 1. The molecule has 0 saturated heterocycles. The van der Waals surface area contributed by atoms with Crippen molar-refractivity contribution in [3.8, 4) is 5.75 Å². The number of hydrogen-bond acceptors (Lipinski definition) is 7. The number of phenolic OH excluding ortho intramolecular Hbond substituents is 1. The van der Waals surface area contributed by atoms with Crippen molar-refractivity contribution in [2.24, 2.45) is 5.10 Å². The number of anilines is 1. The van der Waals surface area contributed by atoms with E-state index in [2.05, 4.69) is 26.5 Å². The van der Waals surface area contributed by atoms with Crippen LogP contribution in [0.2, 0.25) is 5.02 Å².